The first-order valence-electron chi connectivity index (χ1n) is 7.62. The summed E-state index contributed by atoms with van der Waals surface area (Å²) in [5.41, 5.74) is 1.13. The zero-order valence-electron chi connectivity index (χ0n) is 13.5. The molecule has 0 N–H and O–H groups in total. The lowest BCUT2D eigenvalue weighted by atomic mass is 9.97. The molecule has 128 valence electrons. The highest BCUT2D eigenvalue weighted by molar-refractivity contribution is 7.88. The van der Waals surface area contributed by atoms with Crippen LogP contribution in [0.5, 0.6) is 0 Å². The van der Waals surface area contributed by atoms with E-state index in [2.05, 4.69) is 4.90 Å². The van der Waals surface area contributed by atoms with E-state index in [1.54, 1.807) is 19.2 Å². The van der Waals surface area contributed by atoms with Crippen LogP contribution in [0.2, 0.25) is 0 Å². The van der Waals surface area contributed by atoms with Gasteiger partial charge in [-0.1, -0.05) is 12.1 Å². The van der Waals surface area contributed by atoms with Crippen LogP contribution in [-0.2, 0) is 16.6 Å². The van der Waals surface area contributed by atoms with Gasteiger partial charge in [0.1, 0.15) is 0 Å². The molecule has 1 aromatic rings. The molecule has 1 atom stereocenters. The minimum absolute atomic E-state index is 0.0973. The number of rotatable bonds is 6. The number of benzene rings is 1. The number of sulfonamides is 1. The highest BCUT2D eigenvalue weighted by atomic mass is 32.2. The minimum atomic E-state index is -3.14. The standard InChI is InChI=1S/C15H23N3O4S/c1-16(23(2,21)22)10-14-4-3-9-17(12-14)11-13-5-7-15(8-6-13)18(19)20/h5-8,14H,3-4,9-12H2,1-2H3. The van der Waals surface area contributed by atoms with Gasteiger partial charge >= 0.3 is 0 Å². The van der Waals surface area contributed by atoms with Gasteiger partial charge in [0, 0.05) is 38.8 Å². The van der Waals surface area contributed by atoms with Crippen molar-refractivity contribution in [3.63, 3.8) is 0 Å². The first-order valence-corrected chi connectivity index (χ1v) is 9.47. The lowest BCUT2D eigenvalue weighted by molar-refractivity contribution is -0.384. The number of non-ortho nitro benzene ring substituents is 1. The van der Waals surface area contributed by atoms with Gasteiger partial charge < -0.3 is 0 Å². The summed E-state index contributed by atoms with van der Waals surface area (Å²) in [4.78, 5) is 12.6. The number of likely N-dealkylation sites (tertiary alicyclic amines) is 1. The van der Waals surface area contributed by atoms with Gasteiger partial charge in [0.15, 0.2) is 0 Å². The molecular formula is C15H23N3O4S. The average Bonchev–Trinajstić information content (AvgIpc) is 2.47. The first kappa shape index (κ1) is 17.8. The van der Waals surface area contributed by atoms with Gasteiger partial charge in [0.25, 0.3) is 5.69 Å². The Morgan fingerprint density at radius 2 is 2.00 bits per heavy atom. The summed E-state index contributed by atoms with van der Waals surface area (Å²) in [5.74, 6) is 0.321. The molecule has 0 aromatic heterocycles. The normalized spacial score (nSPS) is 19.9. The van der Waals surface area contributed by atoms with E-state index in [0.29, 0.717) is 12.5 Å². The maximum absolute atomic E-state index is 11.5. The van der Waals surface area contributed by atoms with Gasteiger partial charge in [-0.2, -0.15) is 0 Å². The van der Waals surface area contributed by atoms with E-state index in [9.17, 15) is 18.5 Å². The quantitative estimate of drug-likeness (QED) is 0.581. The van der Waals surface area contributed by atoms with Gasteiger partial charge in [-0.3, -0.25) is 15.0 Å². The van der Waals surface area contributed by atoms with E-state index >= 15 is 0 Å². The molecule has 1 saturated heterocycles. The van der Waals surface area contributed by atoms with Gasteiger partial charge in [-0.25, -0.2) is 12.7 Å². The van der Waals surface area contributed by atoms with Crippen LogP contribution in [0, 0.1) is 16.0 Å². The largest absolute Gasteiger partial charge is 0.299 e. The molecular weight excluding hydrogens is 318 g/mol. The highest BCUT2D eigenvalue weighted by Gasteiger charge is 2.23. The van der Waals surface area contributed by atoms with Crippen molar-refractivity contribution in [2.45, 2.75) is 19.4 Å². The van der Waals surface area contributed by atoms with E-state index in [1.165, 1.54) is 22.7 Å². The molecule has 0 amide bonds. The molecule has 2 rings (SSSR count). The van der Waals surface area contributed by atoms with E-state index < -0.39 is 14.9 Å². The van der Waals surface area contributed by atoms with E-state index in [-0.39, 0.29) is 5.69 Å². The Labute approximate surface area is 137 Å². The van der Waals surface area contributed by atoms with Crippen molar-refractivity contribution in [2.75, 3.05) is 32.9 Å². The summed E-state index contributed by atoms with van der Waals surface area (Å²) in [6.45, 7) is 3.08. The monoisotopic (exact) mass is 341 g/mol. The van der Waals surface area contributed by atoms with Crippen molar-refractivity contribution in [2.24, 2.45) is 5.92 Å². The van der Waals surface area contributed by atoms with Crippen LogP contribution >= 0.6 is 0 Å². The van der Waals surface area contributed by atoms with Crippen LogP contribution in [0.4, 0.5) is 5.69 Å². The Balaban J connectivity index is 1.92. The molecule has 7 nitrogen and oxygen atoms in total. The fourth-order valence-electron chi connectivity index (χ4n) is 2.92. The summed E-state index contributed by atoms with van der Waals surface area (Å²) in [5, 5.41) is 10.7. The third kappa shape index (κ3) is 5.26. The van der Waals surface area contributed by atoms with Crippen LogP contribution in [0.15, 0.2) is 24.3 Å². The molecule has 0 aliphatic carbocycles. The van der Waals surface area contributed by atoms with Crippen molar-refractivity contribution < 1.29 is 13.3 Å². The molecule has 0 bridgehead atoms. The second kappa shape index (κ2) is 7.37. The van der Waals surface area contributed by atoms with Crippen LogP contribution in [0.25, 0.3) is 0 Å². The van der Waals surface area contributed by atoms with E-state index in [0.717, 1.165) is 38.0 Å². The van der Waals surface area contributed by atoms with Crippen molar-refractivity contribution >= 4 is 15.7 Å². The van der Waals surface area contributed by atoms with Gasteiger partial charge in [0.05, 0.1) is 11.2 Å². The predicted octanol–water partition coefficient (Wildman–Crippen LogP) is 1.70. The maximum atomic E-state index is 11.5. The molecule has 23 heavy (non-hydrogen) atoms. The maximum Gasteiger partial charge on any atom is 0.269 e. The van der Waals surface area contributed by atoms with Crippen LogP contribution < -0.4 is 0 Å². The lowest BCUT2D eigenvalue weighted by Gasteiger charge is -2.34. The highest BCUT2D eigenvalue weighted by Crippen LogP contribution is 2.21. The number of nitro groups is 1. The molecule has 1 aliphatic rings. The molecule has 1 fully saturated rings. The molecule has 8 heteroatoms. The molecule has 0 radical (unpaired) electrons. The summed E-state index contributed by atoms with van der Waals surface area (Å²) in [7, 11) is -1.52. The van der Waals surface area contributed by atoms with Gasteiger partial charge in [-0.15, -0.1) is 0 Å². The van der Waals surface area contributed by atoms with Crippen LogP contribution in [-0.4, -0.2) is 55.5 Å². The Morgan fingerprint density at radius 1 is 1.35 bits per heavy atom. The fraction of sp³-hybridized carbons (Fsp3) is 0.600. The molecule has 1 heterocycles. The number of piperidine rings is 1. The van der Waals surface area contributed by atoms with Crippen LogP contribution in [0.3, 0.4) is 0 Å². The zero-order valence-corrected chi connectivity index (χ0v) is 14.3. The Morgan fingerprint density at radius 3 is 2.57 bits per heavy atom. The summed E-state index contributed by atoms with van der Waals surface area (Å²) < 4.78 is 24.5. The third-order valence-corrected chi connectivity index (χ3v) is 5.52. The molecule has 0 saturated carbocycles. The topological polar surface area (TPSA) is 83.8 Å². The van der Waals surface area contributed by atoms with Gasteiger partial charge in [0.2, 0.25) is 10.0 Å². The molecule has 1 aliphatic heterocycles. The number of nitro benzene ring substituents is 1. The number of hydrogen-bond donors (Lipinski definition) is 0. The Hall–Kier alpha value is -1.51. The summed E-state index contributed by atoms with van der Waals surface area (Å²) >= 11 is 0. The minimum Gasteiger partial charge on any atom is -0.299 e. The molecule has 1 aromatic carbocycles. The number of nitrogens with zero attached hydrogens (tertiary/aromatic N) is 3. The second-order valence-corrected chi connectivity index (χ2v) is 8.30. The predicted molar refractivity (Wildman–Crippen MR) is 88.6 cm³/mol. The zero-order chi connectivity index (χ0) is 17.0. The lowest BCUT2D eigenvalue weighted by Crippen LogP contribution is -2.41. The second-order valence-electron chi connectivity index (χ2n) is 6.21. The van der Waals surface area contributed by atoms with Crippen molar-refractivity contribution in [3.05, 3.63) is 39.9 Å². The molecule has 1 unspecified atom stereocenters. The summed E-state index contributed by atoms with van der Waals surface area (Å²) in [6, 6.07) is 6.61. The first-order chi connectivity index (χ1) is 10.8. The average molecular weight is 341 g/mol. The third-order valence-electron chi connectivity index (χ3n) is 4.24. The smallest absolute Gasteiger partial charge is 0.269 e. The van der Waals surface area contributed by atoms with Crippen molar-refractivity contribution in [1.29, 1.82) is 0 Å². The van der Waals surface area contributed by atoms with Crippen molar-refractivity contribution in [1.82, 2.24) is 9.21 Å². The summed E-state index contributed by atoms with van der Waals surface area (Å²) in [6.07, 6.45) is 3.29. The Bertz CT molecular complexity index is 645. The van der Waals surface area contributed by atoms with Crippen LogP contribution in [0.1, 0.15) is 18.4 Å². The van der Waals surface area contributed by atoms with Gasteiger partial charge in [-0.05, 0) is 30.9 Å². The number of hydrogen-bond acceptors (Lipinski definition) is 5. The van der Waals surface area contributed by atoms with Crippen molar-refractivity contribution in [3.8, 4) is 0 Å². The Kier molecular flexibility index (Phi) is 5.72. The van der Waals surface area contributed by atoms with E-state index in [1.807, 2.05) is 0 Å². The fourth-order valence-corrected chi connectivity index (χ4v) is 3.41. The SMILES string of the molecule is CN(CC1CCCN(Cc2ccc([N+](=O)[O-])cc2)C1)S(C)(=O)=O. The van der Waals surface area contributed by atoms with E-state index in [4.69, 9.17) is 0 Å². The molecule has 0 spiro atoms.